The van der Waals surface area contributed by atoms with Crippen LogP contribution in [0.4, 0.5) is 5.69 Å². The van der Waals surface area contributed by atoms with Gasteiger partial charge in [-0.2, -0.15) is 0 Å². The van der Waals surface area contributed by atoms with E-state index in [0.29, 0.717) is 22.2 Å². The first-order valence-electron chi connectivity index (χ1n) is 6.17. The van der Waals surface area contributed by atoms with Crippen molar-refractivity contribution in [1.29, 1.82) is 0 Å². The number of fused-ring (bicyclic) bond motifs is 1. The van der Waals surface area contributed by atoms with E-state index in [-0.39, 0.29) is 12.5 Å². The molecule has 0 aliphatic carbocycles. The quantitative estimate of drug-likeness (QED) is 0.924. The van der Waals surface area contributed by atoms with Crippen LogP contribution in [-0.2, 0) is 4.79 Å². The van der Waals surface area contributed by atoms with Crippen LogP contribution in [0.1, 0.15) is 0 Å². The Balaban J connectivity index is 1.68. The molecule has 4 nitrogen and oxygen atoms in total. The second-order valence-electron chi connectivity index (χ2n) is 4.36. The van der Waals surface area contributed by atoms with Gasteiger partial charge in [0.05, 0.1) is 0 Å². The Kier molecular flexibility index (Phi) is 3.48. The van der Waals surface area contributed by atoms with E-state index in [1.807, 2.05) is 18.2 Å². The van der Waals surface area contributed by atoms with Crippen molar-refractivity contribution < 1.29 is 14.3 Å². The molecule has 3 rings (SSSR count). The van der Waals surface area contributed by atoms with E-state index in [9.17, 15) is 4.79 Å². The Morgan fingerprint density at radius 1 is 1.10 bits per heavy atom. The van der Waals surface area contributed by atoms with Gasteiger partial charge in [0.25, 0.3) is 5.91 Å². The van der Waals surface area contributed by atoms with Crippen molar-refractivity contribution in [2.45, 2.75) is 6.10 Å². The van der Waals surface area contributed by atoms with Gasteiger partial charge in [0.2, 0.25) is 6.10 Å². The van der Waals surface area contributed by atoms with Gasteiger partial charge in [0.15, 0.2) is 11.5 Å². The fourth-order valence-electron chi connectivity index (χ4n) is 1.90. The highest BCUT2D eigenvalue weighted by Crippen LogP contribution is 2.31. The first-order chi connectivity index (χ1) is 9.72. The maximum atomic E-state index is 12.1. The van der Waals surface area contributed by atoms with Crippen molar-refractivity contribution in [3.05, 3.63) is 53.6 Å². The van der Waals surface area contributed by atoms with Gasteiger partial charge in [-0.25, -0.2) is 0 Å². The number of nitrogens with one attached hydrogen (secondary N) is 1. The zero-order chi connectivity index (χ0) is 13.9. The van der Waals surface area contributed by atoms with Crippen LogP contribution in [0.15, 0.2) is 48.5 Å². The number of rotatable bonds is 2. The van der Waals surface area contributed by atoms with Gasteiger partial charge in [0.1, 0.15) is 6.61 Å². The summed E-state index contributed by atoms with van der Waals surface area (Å²) in [6.07, 6.45) is -0.666. The molecule has 0 spiro atoms. The molecule has 1 atom stereocenters. The van der Waals surface area contributed by atoms with E-state index in [1.165, 1.54) is 0 Å². The summed E-state index contributed by atoms with van der Waals surface area (Å²) in [5.74, 6) is 0.986. The predicted octanol–water partition coefficient (Wildman–Crippen LogP) is 3.12. The normalized spacial score (nSPS) is 16.6. The third-order valence-electron chi connectivity index (χ3n) is 2.91. The van der Waals surface area contributed by atoms with Crippen molar-refractivity contribution >= 4 is 23.2 Å². The van der Waals surface area contributed by atoms with E-state index in [4.69, 9.17) is 21.1 Å². The van der Waals surface area contributed by atoms with Crippen molar-refractivity contribution in [3.63, 3.8) is 0 Å². The molecule has 1 amide bonds. The minimum Gasteiger partial charge on any atom is -0.485 e. The molecule has 0 saturated carbocycles. The molecule has 5 heteroatoms. The third kappa shape index (κ3) is 2.70. The lowest BCUT2D eigenvalue weighted by Gasteiger charge is -2.25. The molecule has 0 fully saturated rings. The highest BCUT2D eigenvalue weighted by atomic mass is 35.5. The van der Waals surface area contributed by atoms with Gasteiger partial charge >= 0.3 is 0 Å². The molecule has 1 N–H and O–H groups in total. The lowest BCUT2D eigenvalue weighted by atomic mass is 10.2. The summed E-state index contributed by atoms with van der Waals surface area (Å²) in [4.78, 5) is 12.1. The highest BCUT2D eigenvalue weighted by molar-refractivity contribution is 6.30. The summed E-state index contributed by atoms with van der Waals surface area (Å²) >= 11 is 5.80. The van der Waals surface area contributed by atoms with Gasteiger partial charge in [-0.05, 0) is 36.4 Å². The molecular formula is C15H12ClNO3. The summed E-state index contributed by atoms with van der Waals surface area (Å²) in [6.45, 7) is 0.191. The predicted molar refractivity (Wildman–Crippen MR) is 76.4 cm³/mol. The topological polar surface area (TPSA) is 47.6 Å². The van der Waals surface area contributed by atoms with Crippen molar-refractivity contribution in [1.82, 2.24) is 0 Å². The molecule has 1 aliphatic heterocycles. The van der Waals surface area contributed by atoms with Gasteiger partial charge < -0.3 is 14.8 Å². The summed E-state index contributed by atoms with van der Waals surface area (Å²) in [7, 11) is 0. The molecule has 0 saturated heterocycles. The largest absolute Gasteiger partial charge is 0.485 e. The SMILES string of the molecule is O=C(Nc1ccc(Cl)cc1)[C@H]1COc2ccccc2O1. The molecule has 102 valence electrons. The number of ether oxygens (including phenoxy) is 2. The molecule has 0 unspecified atom stereocenters. The Hall–Kier alpha value is -2.20. The number of para-hydroxylation sites is 2. The minimum atomic E-state index is -0.666. The van der Waals surface area contributed by atoms with Crippen LogP contribution < -0.4 is 14.8 Å². The Labute approximate surface area is 121 Å². The maximum absolute atomic E-state index is 12.1. The molecule has 1 aliphatic rings. The van der Waals surface area contributed by atoms with Crippen LogP contribution in [0.25, 0.3) is 0 Å². The number of amides is 1. The number of carbonyl (C=O) groups excluding carboxylic acids is 1. The number of hydrogen-bond acceptors (Lipinski definition) is 3. The molecule has 0 aromatic heterocycles. The van der Waals surface area contributed by atoms with Crippen LogP contribution in [0.2, 0.25) is 5.02 Å². The monoisotopic (exact) mass is 289 g/mol. The molecule has 0 bridgehead atoms. The number of benzene rings is 2. The van der Waals surface area contributed by atoms with Gasteiger partial charge in [-0.15, -0.1) is 0 Å². The lowest BCUT2D eigenvalue weighted by Crippen LogP contribution is -2.40. The van der Waals surface area contributed by atoms with Gasteiger partial charge in [0, 0.05) is 10.7 Å². The third-order valence-corrected chi connectivity index (χ3v) is 3.16. The summed E-state index contributed by atoms with van der Waals surface area (Å²) in [5.41, 5.74) is 0.668. The number of carbonyl (C=O) groups is 1. The zero-order valence-electron chi connectivity index (χ0n) is 10.5. The molecule has 1 heterocycles. The van der Waals surface area contributed by atoms with Crippen molar-refractivity contribution in [3.8, 4) is 11.5 Å². The summed E-state index contributed by atoms with van der Waals surface area (Å²) in [6, 6.07) is 14.2. The first kappa shape index (κ1) is 12.8. The average Bonchev–Trinajstić information content (AvgIpc) is 2.49. The van der Waals surface area contributed by atoms with Crippen LogP contribution >= 0.6 is 11.6 Å². The molecule has 20 heavy (non-hydrogen) atoms. The second kappa shape index (κ2) is 5.43. The average molecular weight is 290 g/mol. The fourth-order valence-corrected chi connectivity index (χ4v) is 2.03. The zero-order valence-corrected chi connectivity index (χ0v) is 11.3. The maximum Gasteiger partial charge on any atom is 0.269 e. The number of halogens is 1. The standard InChI is InChI=1S/C15H12ClNO3/c16-10-5-7-11(8-6-10)17-15(18)14-9-19-12-3-1-2-4-13(12)20-14/h1-8,14H,9H2,(H,17,18)/t14-/m1/s1. The highest BCUT2D eigenvalue weighted by Gasteiger charge is 2.27. The molecule has 2 aromatic carbocycles. The van der Waals surface area contributed by atoms with Crippen LogP contribution in [-0.4, -0.2) is 18.6 Å². The summed E-state index contributed by atoms with van der Waals surface area (Å²) < 4.78 is 11.1. The molecule has 2 aromatic rings. The van der Waals surface area contributed by atoms with Gasteiger partial charge in [-0.1, -0.05) is 23.7 Å². The smallest absolute Gasteiger partial charge is 0.269 e. The van der Waals surface area contributed by atoms with E-state index in [0.717, 1.165) is 0 Å². The summed E-state index contributed by atoms with van der Waals surface area (Å²) in [5, 5.41) is 3.39. The van der Waals surface area contributed by atoms with Gasteiger partial charge in [-0.3, -0.25) is 4.79 Å². The number of hydrogen-bond donors (Lipinski definition) is 1. The van der Waals surface area contributed by atoms with Crippen LogP contribution in [0.5, 0.6) is 11.5 Å². The fraction of sp³-hybridized carbons (Fsp3) is 0.133. The Morgan fingerprint density at radius 2 is 1.80 bits per heavy atom. The first-order valence-corrected chi connectivity index (χ1v) is 6.55. The minimum absolute atomic E-state index is 0.191. The Bertz CT molecular complexity index is 627. The van der Waals surface area contributed by atoms with E-state index >= 15 is 0 Å². The Morgan fingerprint density at radius 3 is 2.55 bits per heavy atom. The van der Waals surface area contributed by atoms with Crippen LogP contribution in [0, 0.1) is 0 Å². The van der Waals surface area contributed by atoms with E-state index in [1.54, 1.807) is 30.3 Å². The number of anilines is 1. The van der Waals surface area contributed by atoms with Crippen LogP contribution in [0.3, 0.4) is 0 Å². The van der Waals surface area contributed by atoms with Crippen molar-refractivity contribution in [2.75, 3.05) is 11.9 Å². The molecular weight excluding hydrogens is 278 g/mol. The molecule has 0 radical (unpaired) electrons. The van der Waals surface area contributed by atoms with E-state index < -0.39 is 6.10 Å². The lowest BCUT2D eigenvalue weighted by molar-refractivity contribution is -0.125. The van der Waals surface area contributed by atoms with E-state index in [2.05, 4.69) is 5.32 Å². The van der Waals surface area contributed by atoms with Crippen molar-refractivity contribution in [2.24, 2.45) is 0 Å². The second-order valence-corrected chi connectivity index (χ2v) is 4.80.